The van der Waals surface area contributed by atoms with Gasteiger partial charge in [0.25, 0.3) is 5.91 Å². The Morgan fingerprint density at radius 3 is 2.76 bits per heavy atom. The molecule has 3 rings (SSSR count). The smallest absolute Gasteiger partial charge is 0.257 e. The number of hydrogen-bond donors (Lipinski definition) is 1. The first kappa shape index (κ1) is 14.6. The molecule has 5 heteroatoms. The van der Waals surface area contributed by atoms with Crippen molar-refractivity contribution in [3.05, 3.63) is 23.7 Å². The number of carbonyl (C=O) groups excluding carboxylic acids is 1. The molecule has 1 aliphatic heterocycles. The van der Waals surface area contributed by atoms with Crippen molar-refractivity contribution in [1.29, 1.82) is 0 Å². The summed E-state index contributed by atoms with van der Waals surface area (Å²) in [5.74, 6) is 0.689. The Kier molecular flexibility index (Phi) is 3.80. The number of furan rings is 1. The molecule has 0 aromatic carbocycles. The van der Waals surface area contributed by atoms with Crippen molar-refractivity contribution in [2.45, 2.75) is 45.3 Å². The van der Waals surface area contributed by atoms with Crippen LogP contribution < -0.4 is 0 Å². The summed E-state index contributed by atoms with van der Waals surface area (Å²) in [6.45, 7) is 5.81. The minimum absolute atomic E-state index is 0.0258. The molecule has 2 heterocycles. The van der Waals surface area contributed by atoms with Gasteiger partial charge >= 0.3 is 0 Å². The Morgan fingerprint density at radius 2 is 2.24 bits per heavy atom. The van der Waals surface area contributed by atoms with E-state index in [4.69, 9.17) is 9.15 Å². The van der Waals surface area contributed by atoms with E-state index >= 15 is 0 Å². The highest BCUT2D eigenvalue weighted by atomic mass is 16.5. The molecule has 0 radical (unpaired) electrons. The van der Waals surface area contributed by atoms with Gasteiger partial charge in [-0.1, -0.05) is 0 Å². The van der Waals surface area contributed by atoms with Crippen LogP contribution in [0.2, 0.25) is 0 Å². The van der Waals surface area contributed by atoms with Crippen LogP contribution in [0.3, 0.4) is 0 Å². The fourth-order valence-corrected chi connectivity index (χ4v) is 3.72. The van der Waals surface area contributed by atoms with Crippen molar-refractivity contribution in [1.82, 2.24) is 4.90 Å². The number of nitrogens with zero attached hydrogens (tertiary/aromatic N) is 1. The highest BCUT2D eigenvalue weighted by molar-refractivity contribution is 5.95. The van der Waals surface area contributed by atoms with Crippen LogP contribution in [0.15, 0.2) is 16.7 Å². The van der Waals surface area contributed by atoms with Gasteiger partial charge in [-0.15, -0.1) is 0 Å². The molecule has 5 nitrogen and oxygen atoms in total. The van der Waals surface area contributed by atoms with Crippen molar-refractivity contribution in [3.8, 4) is 0 Å². The molecule has 2 fully saturated rings. The monoisotopic (exact) mass is 293 g/mol. The number of amides is 1. The largest absolute Gasteiger partial charge is 0.469 e. The Balaban J connectivity index is 1.65. The number of aryl methyl sites for hydroxylation is 1. The van der Waals surface area contributed by atoms with E-state index in [1.807, 2.05) is 11.8 Å². The maximum absolute atomic E-state index is 12.5. The van der Waals surface area contributed by atoms with Gasteiger partial charge in [0.1, 0.15) is 5.76 Å². The standard InChI is InChI=1S/C16H23NO4/c1-3-20-14-10-13(18)16(14)5-7-17(8-6-16)15(19)12-4-9-21-11(12)2/h4,9,13-14,18H,3,5-8,10H2,1-2H3. The van der Waals surface area contributed by atoms with Crippen molar-refractivity contribution in [3.63, 3.8) is 0 Å². The first-order valence-electron chi connectivity index (χ1n) is 7.71. The molecule has 1 aromatic rings. The summed E-state index contributed by atoms with van der Waals surface area (Å²) in [5.41, 5.74) is 0.500. The number of aliphatic hydroxyl groups is 1. The van der Waals surface area contributed by atoms with Gasteiger partial charge in [-0.3, -0.25) is 4.79 Å². The number of aliphatic hydroxyl groups excluding tert-OH is 1. The van der Waals surface area contributed by atoms with Gasteiger partial charge in [-0.25, -0.2) is 0 Å². The van der Waals surface area contributed by atoms with Crippen LogP contribution in [0.4, 0.5) is 0 Å². The van der Waals surface area contributed by atoms with E-state index in [0.29, 0.717) is 31.0 Å². The van der Waals surface area contributed by atoms with Crippen LogP contribution in [-0.4, -0.2) is 47.8 Å². The molecule has 2 unspecified atom stereocenters. The predicted molar refractivity (Wildman–Crippen MR) is 77.1 cm³/mol. The maximum Gasteiger partial charge on any atom is 0.257 e. The third-order valence-corrected chi connectivity index (χ3v) is 5.18. The highest BCUT2D eigenvalue weighted by Gasteiger charge is 2.56. The molecule has 1 saturated heterocycles. The van der Waals surface area contributed by atoms with Gasteiger partial charge in [0.2, 0.25) is 0 Å². The molecule has 0 bridgehead atoms. The lowest BCUT2D eigenvalue weighted by molar-refractivity contribution is -0.207. The predicted octanol–water partition coefficient (Wildman–Crippen LogP) is 1.98. The zero-order valence-electron chi connectivity index (χ0n) is 12.7. The summed E-state index contributed by atoms with van der Waals surface area (Å²) in [6.07, 6.45) is 3.74. The minimum atomic E-state index is -0.290. The number of piperidine rings is 1. The first-order valence-corrected chi connectivity index (χ1v) is 7.71. The van der Waals surface area contributed by atoms with Crippen LogP contribution in [0.25, 0.3) is 0 Å². The van der Waals surface area contributed by atoms with Gasteiger partial charge in [-0.2, -0.15) is 0 Å². The van der Waals surface area contributed by atoms with E-state index in [1.54, 1.807) is 19.3 Å². The Labute approximate surface area is 124 Å². The fraction of sp³-hybridized carbons (Fsp3) is 0.688. The lowest BCUT2D eigenvalue weighted by atomic mass is 9.58. The van der Waals surface area contributed by atoms with Crippen LogP contribution in [0.1, 0.15) is 42.3 Å². The van der Waals surface area contributed by atoms with E-state index in [9.17, 15) is 9.90 Å². The van der Waals surface area contributed by atoms with Crippen LogP contribution in [0, 0.1) is 12.3 Å². The molecule has 1 aromatic heterocycles. The summed E-state index contributed by atoms with van der Waals surface area (Å²) in [6, 6.07) is 1.73. The minimum Gasteiger partial charge on any atom is -0.469 e. The molecule has 116 valence electrons. The third kappa shape index (κ3) is 2.28. The molecule has 1 saturated carbocycles. The van der Waals surface area contributed by atoms with Crippen molar-refractivity contribution < 1.29 is 19.1 Å². The molecule has 21 heavy (non-hydrogen) atoms. The van der Waals surface area contributed by atoms with Gasteiger partial charge in [0.05, 0.1) is 24.0 Å². The van der Waals surface area contributed by atoms with E-state index in [0.717, 1.165) is 19.3 Å². The summed E-state index contributed by atoms with van der Waals surface area (Å²) in [4.78, 5) is 14.3. The van der Waals surface area contributed by atoms with E-state index in [1.165, 1.54) is 0 Å². The van der Waals surface area contributed by atoms with E-state index in [2.05, 4.69) is 0 Å². The molecule has 2 atom stereocenters. The van der Waals surface area contributed by atoms with E-state index in [-0.39, 0.29) is 23.5 Å². The molecule has 1 aliphatic carbocycles. The van der Waals surface area contributed by atoms with Crippen molar-refractivity contribution >= 4 is 5.91 Å². The number of hydrogen-bond acceptors (Lipinski definition) is 4. The normalized spacial score (nSPS) is 27.7. The molecule has 1 amide bonds. The lowest BCUT2D eigenvalue weighted by Gasteiger charge is -2.56. The van der Waals surface area contributed by atoms with Gasteiger partial charge in [0.15, 0.2) is 0 Å². The van der Waals surface area contributed by atoms with Gasteiger partial charge in [0, 0.05) is 31.5 Å². The van der Waals surface area contributed by atoms with E-state index < -0.39 is 0 Å². The van der Waals surface area contributed by atoms with Gasteiger partial charge in [-0.05, 0) is 32.8 Å². The summed E-state index contributed by atoms with van der Waals surface area (Å²) < 4.78 is 11.0. The molecular formula is C16H23NO4. The Hall–Kier alpha value is -1.33. The van der Waals surface area contributed by atoms with Crippen LogP contribution in [-0.2, 0) is 4.74 Å². The highest BCUT2D eigenvalue weighted by Crippen LogP contribution is 2.51. The van der Waals surface area contributed by atoms with Crippen LogP contribution in [0.5, 0.6) is 0 Å². The average Bonchev–Trinajstić information content (AvgIpc) is 2.92. The van der Waals surface area contributed by atoms with Crippen molar-refractivity contribution in [2.24, 2.45) is 5.41 Å². The molecule has 1 N–H and O–H groups in total. The summed E-state index contributed by atoms with van der Waals surface area (Å²) in [5, 5.41) is 10.2. The fourth-order valence-electron chi connectivity index (χ4n) is 3.72. The maximum atomic E-state index is 12.5. The van der Waals surface area contributed by atoms with Crippen molar-refractivity contribution in [2.75, 3.05) is 19.7 Å². The summed E-state index contributed by atoms with van der Waals surface area (Å²) in [7, 11) is 0. The summed E-state index contributed by atoms with van der Waals surface area (Å²) >= 11 is 0. The second-order valence-corrected chi connectivity index (χ2v) is 6.11. The van der Waals surface area contributed by atoms with Gasteiger partial charge < -0.3 is 19.2 Å². The zero-order chi connectivity index (χ0) is 15.0. The quantitative estimate of drug-likeness (QED) is 0.925. The zero-order valence-corrected chi connectivity index (χ0v) is 12.7. The average molecular weight is 293 g/mol. The Bertz CT molecular complexity index is 514. The first-order chi connectivity index (χ1) is 10.1. The topological polar surface area (TPSA) is 62.9 Å². The Morgan fingerprint density at radius 1 is 1.52 bits per heavy atom. The SMILES string of the molecule is CCOC1CC(O)C12CCN(C(=O)c1ccoc1C)CC2. The third-order valence-electron chi connectivity index (χ3n) is 5.18. The number of carbonyl (C=O) groups is 1. The lowest BCUT2D eigenvalue weighted by Crippen LogP contribution is -2.62. The number of rotatable bonds is 3. The second kappa shape index (κ2) is 5.46. The number of likely N-dealkylation sites (tertiary alicyclic amines) is 1. The second-order valence-electron chi connectivity index (χ2n) is 6.11. The van der Waals surface area contributed by atoms with Crippen LogP contribution >= 0.6 is 0 Å². The molecular weight excluding hydrogens is 270 g/mol. The molecule has 2 aliphatic rings. The number of ether oxygens (including phenoxy) is 1. The molecule has 1 spiro atoms.